The minimum Gasteiger partial charge on any atom is -0.373 e. The van der Waals surface area contributed by atoms with Gasteiger partial charge in [-0.1, -0.05) is 19.1 Å². The first-order valence-electron chi connectivity index (χ1n) is 8.04. The smallest absolute Gasteiger partial charge is 0.252 e. The minimum atomic E-state index is 0.0247. The molecule has 1 aromatic rings. The van der Waals surface area contributed by atoms with Crippen molar-refractivity contribution >= 4 is 17.7 Å². The number of ether oxygens (including phenoxy) is 2. The number of nitrogens with one attached hydrogen (secondary N) is 1. The van der Waals surface area contributed by atoms with E-state index in [2.05, 4.69) is 12.2 Å². The van der Waals surface area contributed by atoms with E-state index in [1.54, 1.807) is 11.8 Å². The first-order valence-corrected chi connectivity index (χ1v) is 9.02. The van der Waals surface area contributed by atoms with Crippen LogP contribution >= 0.6 is 11.8 Å². The van der Waals surface area contributed by atoms with Crippen LogP contribution < -0.4 is 5.32 Å². The molecule has 0 unspecified atom stereocenters. The van der Waals surface area contributed by atoms with E-state index < -0.39 is 0 Å². The average Bonchev–Trinajstić information content (AvgIpc) is 2.55. The van der Waals surface area contributed by atoms with Crippen molar-refractivity contribution in [2.24, 2.45) is 0 Å². The van der Waals surface area contributed by atoms with Crippen LogP contribution in [0, 0.1) is 0 Å². The van der Waals surface area contributed by atoms with Crippen molar-refractivity contribution in [3.63, 3.8) is 0 Å². The van der Waals surface area contributed by atoms with E-state index in [4.69, 9.17) is 9.47 Å². The van der Waals surface area contributed by atoms with Crippen LogP contribution in [0.15, 0.2) is 29.2 Å². The Hall–Kier alpha value is -1.04. The summed E-state index contributed by atoms with van der Waals surface area (Å²) in [5, 5.41) is 3.18. The summed E-state index contributed by atoms with van der Waals surface area (Å²) in [5.74, 6) is 0.986. The zero-order valence-corrected chi connectivity index (χ0v) is 13.7. The maximum atomic E-state index is 12.6. The molecule has 22 heavy (non-hydrogen) atoms. The number of benzene rings is 1. The van der Waals surface area contributed by atoms with E-state index in [0.29, 0.717) is 13.2 Å². The maximum absolute atomic E-state index is 12.6. The highest BCUT2D eigenvalue weighted by molar-refractivity contribution is 7.99. The van der Waals surface area contributed by atoms with Gasteiger partial charge in [-0.15, -0.1) is 11.8 Å². The molecule has 1 saturated heterocycles. The Labute approximate surface area is 135 Å². The second kappa shape index (κ2) is 7.49. The van der Waals surface area contributed by atoms with Crippen LogP contribution in [0.1, 0.15) is 36.5 Å². The number of hydrogen-bond donors (Lipinski definition) is 1. The molecule has 0 radical (unpaired) electrons. The Morgan fingerprint density at radius 1 is 1.23 bits per heavy atom. The van der Waals surface area contributed by atoms with Crippen molar-refractivity contribution in [3.8, 4) is 0 Å². The van der Waals surface area contributed by atoms with E-state index in [1.807, 2.05) is 24.3 Å². The van der Waals surface area contributed by atoms with Gasteiger partial charge in [0.1, 0.15) is 0 Å². The predicted molar refractivity (Wildman–Crippen MR) is 87.4 cm³/mol. The van der Waals surface area contributed by atoms with Crippen LogP contribution in [0.4, 0.5) is 0 Å². The molecule has 1 saturated carbocycles. The number of hydrogen-bond acceptors (Lipinski definition) is 4. The summed E-state index contributed by atoms with van der Waals surface area (Å²) in [5.41, 5.74) is 0.775. The molecule has 1 amide bonds. The second-order valence-electron chi connectivity index (χ2n) is 5.73. The Bertz CT molecular complexity index is 522. The topological polar surface area (TPSA) is 47.6 Å². The number of thioether (sulfide) groups is 1. The largest absolute Gasteiger partial charge is 0.373 e. The zero-order chi connectivity index (χ0) is 15.4. The molecule has 1 N–H and O–H groups in total. The molecule has 3 atom stereocenters. The molecule has 5 heteroatoms. The molecule has 0 bridgehead atoms. The Morgan fingerprint density at radius 3 is 2.82 bits per heavy atom. The molecule has 2 fully saturated rings. The second-order valence-corrected chi connectivity index (χ2v) is 7.04. The number of rotatable bonds is 4. The van der Waals surface area contributed by atoms with Crippen molar-refractivity contribution in [2.75, 3.05) is 19.0 Å². The lowest BCUT2D eigenvalue weighted by atomic mass is 9.89. The predicted octanol–water partition coefficient (Wildman–Crippen LogP) is 2.86. The van der Waals surface area contributed by atoms with E-state index >= 15 is 0 Å². The SMILES string of the molecule is CCSc1ccccc1C(=O)N[C@@H]1CC[C@H]2OCCO[C@H]2C1. The third-order valence-corrected chi connectivity index (χ3v) is 5.20. The van der Waals surface area contributed by atoms with E-state index in [-0.39, 0.29) is 24.2 Å². The Kier molecular flexibility index (Phi) is 5.39. The Balaban J connectivity index is 1.62. The number of fused-ring (bicyclic) bond motifs is 1. The van der Waals surface area contributed by atoms with Gasteiger partial charge in [-0.05, 0) is 37.1 Å². The van der Waals surface area contributed by atoms with Crippen LogP contribution in [0.3, 0.4) is 0 Å². The average molecular weight is 321 g/mol. The summed E-state index contributed by atoms with van der Waals surface area (Å²) >= 11 is 1.70. The van der Waals surface area contributed by atoms with Gasteiger partial charge < -0.3 is 14.8 Å². The fraction of sp³-hybridized carbons (Fsp3) is 0.588. The third kappa shape index (κ3) is 3.65. The van der Waals surface area contributed by atoms with E-state index in [9.17, 15) is 4.79 Å². The van der Waals surface area contributed by atoms with Gasteiger partial charge in [0.2, 0.25) is 0 Å². The van der Waals surface area contributed by atoms with Crippen molar-refractivity contribution in [1.82, 2.24) is 5.32 Å². The summed E-state index contributed by atoms with van der Waals surface area (Å²) < 4.78 is 11.5. The number of carbonyl (C=O) groups excluding carboxylic acids is 1. The lowest BCUT2D eigenvalue weighted by Crippen LogP contribution is -2.49. The molecular weight excluding hydrogens is 298 g/mol. The highest BCUT2D eigenvalue weighted by Gasteiger charge is 2.34. The molecule has 1 aromatic carbocycles. The van der Waals surface area contributed by atoms with Crippen molar-refractivity contribution in [1.29, 1.82) is 0 Å². The van der Waals surface area contributed by atoms with Crippen molar-refractivity contribution in [2.45, 2.75) is 49.3 Å². The lowest BCUT2D eigenvalue weighted by Gasteiger charge is -2.39. The van der Waals surface area contributed by atoms with Crippen LogP contribution in [0.5, 0.6) is 0 Å². The van der Waals surface area contributed by atoms with Crippen LogP contribution in [0.25, 0.3) is 0 Å². The summed E-state index contributed by atoms with van der Waals surface area (Å²) in [6, 6.07) is 7.99. The summed E-state index contributed by atoms with van der Waals surface area (Å²) in [6.45, 7) is 3.46. The van der Waals surface area contributed by atoms with Gasteiger partial charge in [0.25, 0.3) is 5.91 Å². The maximum Gasteiger partial charge on any atom is 0.252 e. The Morgan fingerprint density at radius 2 is 2.00 bits per heavy atom. The molecule has 3 rings (SSSR count). The van der Waals surface area contributed by atoms with Gasteiger partial charge in [-0.25, -0.2) is 0 Å². The van der Waals surface area contributed by atoms with Crippen LogP contribution in [0.2, 0.25) is 0 Å². The lowest BCUT2D eigenvalue weighted by molar-refractivity contribution is -0.157. The van der Waals surface area contributed by atoms with E-state index in [0.717, 1.165) is 35.5 Å². The van der Waals surface area contributed by atoms with E-state index in [1.165, 1.54) is 0 Å². The quantitative estimate of drug-likeness (QED) is 0.866. The molecule has 0 aromatic heterocycles. The van der Waals surface area contributed by atoms with Crippen molar-refractivity contribution < 1.29 is 14.3 Å². The number of amides is 1. The third-order valence-electron chi connectivity index (χ3n) is 4.25. The molecule has 1 aliphatic heterocycles. The molecule has 2 aliphatic rings. The fourth-order valence-corrected chi connectivity index (χ4v) is 4.00. The molecular formula is C17H23NO3S. The molecule has 120 valence electrons. The normalized spacial score (nSPS) is 28.0. The van der Waals surface area contributed by atoms with Gasteiger partial charge in [-0.2, -0.15) is 0 Å². The monoisotopic (exact) mass is 321 g/mol. The summed E-state index contributed by atoms with van der Waals surface area (Å²) in [6.07, 6.45) is 3.11. The fourth-order valence-electron chi connectivity index (χ4n) is 3.20. The van der Waals surface area contributed by atoms with Gasteiger partial charge in [0.05, 0.1) is 31.0 Å². The minimum absolute atomic E-state index is 0.0247. The first-order chi connectivity index (χ1) is 10.8. The summed E-state index contributed by atoms with van der Waals surface area (Å²) in [7, 11) is 0. The van der Waals surface area contributed by atoms with Gasteiger partial charge in [-0.3, -0.25) is 4.79 Å². The number of carbonyl (C=O) groups is 1. The van der Waals surface area contributed by atoms with Gasteiger partial charge in [0, 0.05) is 10.9 Å². The van der Waals surface area contributed by atoms with Crippen LogP contribution in [-0.4, -0.2) is 43.1 Å². The van der Waals surface area contributed by atoms with Gasteiger partial charge in [0.15, 0.2) is 0 Å². The highest BCUT2D eigenvalue weighted by atomic mass is 32.2. The zero-order valence-electron chi connectivity index (χ0n) is 12.9. The first kappa shape index (κ1) is 15.8. The molecule has 1 aliphatic carbocycles. The molecule has 4 nitrogen and oxygen atoms in total. The van der Waals surface area contributed by atoms with Crippen LogP contribution in [-0.2, 0) is 9.47 Å². The van der Waals surface area contributed by atoms with Gasteiger partial charge >= 0.3 is 0 Å². The summed E-state index contributed by atoms with van der Waals surface area (Å²) in [4.78, 5) is 13.6. The standard InChI is InChI=1S/C17H23NO3S/c1-2-22-16-6-4-3-5-13(16)17(19)18-12-7-8-14-15(11-12)21-10-9-20-14/h3-6,12,14-15H,2,7-11H2,1H3,(H,18,19)/t12-,14-,15+/m1/s1. The van der Waals surface area contributed by atoms with Crippen molar-refractivity contribution in [3.05, 3.63) is 29.8 Å². The molecule has 1 heterocycles. The molecule has 0 spiro atoms. The highest BCUT2D eigenvalue weighted by Crippen LogP contribution is 2.28.